The van der Waals surface area contributed by atoms with Crippen LogP contribution in [0.15, 0.2) is 18.2 Å². The van der Waals surface area contributed by atoms with E-state index in [9.17, 15) is 5.11 Å². The number of hydrogen-bond acceptors (Lipinski definition) is 9. The second-order valence-corrected chi connectivity index (χ2v) is 8.22. The Balaban J connectivity index is 1.66. The van der Waals surface area contributed by atoms with Crippen molar-refractivity contribution in [1.29, 1.82) is 0 Å². The van der Waals surface area contributed by atoms with E-state index in [4.69, 9.17) is 15.5 Å². The highest BCUT2D eigenvalue weighted by Crippen LogP contribution is 2.31. The SMILES string of the molecule is COc1cccc(CNc2nc(NC3CCCCC3N)nc3c2nnn3C(C)C)c1O. The highest BCUT2D eigenvalue weighted by Gasteiger charge is 2.24. The van der Waals surface area contributed by atoms with Crippen molar-refractivity contribution in [3.05, 3.63) is 23.8 Å². The number of nitrogens with two attached hydrogens (primary N) is 1. The molecule has 1 aliphatic rings. The fraction of sp³-hybridized carbons (Fsp3) is 0.524. The molecule has 0 spiro atoms. The van der Waals surface area contributed by atoms with Crippen molar-refractivity contribution in [3.8, 4) is 11.5 Å². The minimum Gasteiger partial charge on any atom is -0.504 e. The molecule has 1 aromatic carbocycles. The highest BCUT2D eigenvalue weighted by atomic mass is 16.5. The van der Waals surface area contributed by atoms with Crippen molar-refractivity contribution in [2.45, 2.75) is 64.2 Å². The summed E-state index contributed by atoms with van der Waals surface area (Å²) in [6.07, 6.45) is 4.27. The van der Waals surface area contributed by atoms with Gasteiger partial charge >= 0.3 is 0 Å². The molecule has 0 aliphatic heterocycles. The summed E-state index contributed by atoms with van der Waals surface area (Å²) in [7, 11) is 1.53. The van der Waals surface area contributed by atoms with Gasteiger partial charge in [0.15, 0.2) is 28.5 Å². The number of phenols is 1. The van der Waals surface area contributed by atoms with E-state index in [2.05, 4.69) is 25.9 Å². The van der Waals surface area contributed by atoms with Crippen LogP contribution in [-0.2, 0) is 6.54 Å². The molecule has 1 saturated carbocycles. The number of aromatic nitrogens is 5. The van der Waals surface area contributed by atoms with Gasteiger partial charge in [0.05, 0.1) is 13.2 Å². The summed E-state index contributed by atoms with van der Waals surface area (Å²) in [6.45, 7) is 4.40. The number of anilines is 2. The Morgan fingerprint density at radius 3 is 2.81 bits per heavy atom. The van der Waals surface area contributed by atoms with Crippen LogP contribution >= 0.6 is 0 Å². The van der Waals surface area contributed by atoms with Crippen molar-refractivity contribution in [3.63, 3.8) is 0 Å². The number of rotatable bonds is 7. The van der Waals surface area contributed by atoms with Crippen LogP contribution in [0.5, 0.6) is 11.5 Å². The average Bonchev–Trinajstić information content (AvgIpc) is 3.19. The van der Waals surface area contributed by atoms with Crippen molar-refractivity contribution < 1.29 is 9.84 Å². The lowest BCUT2D eigenvalue weighted by atomic mass is 9.91. The van der Waals surface area contributed by atoms with E-state index in [1.54, 1.807) is 10.7 Å². The number of phenolic OH excluding ortho intramolecular Hbond substituents is 1. The van der Waals surface area contributed by atoms with E-state index in [1.165, 1.54) is 7.11 Å². The third kappa shape index (κ3) is 4.34. The Morgan fingerprint density at radius 2 is 2.06 bits per heavy atom. The van der Waals surface area contributed by atoms with E-state index in [0.717, 1.165) is 25.7 Å². The molecule has 2 atom stereocenters. The van der Waals surface area contributed by atoms with Crippen LogP contribution < -0.4 is 21.1 Å². The Kier molecular flexibility index (Phi) is 6.08. The van der Waals surface area contributed by atoms with Gasteiger partial charge in [0.25, 0.3) is 0 Å². The maximum Gasteiger partial charge on any atom is 0.227 e. The smallest absolute Gasteiger partial charge is 0.227 e. The number of para-hydroxylation sites is 1. The van der Waals surface area contributed by atoms with Gasteiger partial charge in [-0.05, 0) is 32.8 Å². The minimum atomic E-state index is 0.0753. The van der Waals surface area contributed by atoms with Crippen LogP contribution in [0.2, 0.25) is 0 Å². The molecule has 10 heteroatoms. The summed E-state index contributed by atoms with van der Waals surface area (Å²) >= 11 is 0. The van der Waals surface area contributed by atoms with Gasteiger partial charge in [0.2, 0.25) is 5.95 Å². The molecule has 5 N–H and O–H groups in total. The number of methoxy groups -OCH3 is 1. The Labute approximate surface area is 181 Å². The Bertz CT molecular complexity index is 1050. The largest absolute Gasteiger partial charge is 0.504 e. The quantitative estimate of drug-likeness (QED) is 0.449. The van der Waals surface area contributed by atoms with Gasteiger partial charge in [0.1, 0.15) is 0 Å². The van der Waals surface area contributed by atoms with Crippen molar-refractivity contribution >= 4 is 22.9 Å². The molecule has 2 heterocycles. The lowest BCUT2D eigenvalue weighted by Gasteiger charge is -2.29. The first-order valence-electron chi connectivity index (χ1n) is 10.7. The molecule has 1 aliphatic carbocycles. The second-order valence-electron chi connectivity index (χ2n) is 8.22. The summed E-state index contributed by atoms with van der Waals surface area (Å²) in [5.41, 5.74) is 8.22. The van der Waals surface area contributed by atoms with Crippen LogP contribution in [0.4, 0.5) is 11.8 Å². The van der Waals surface area contributed by atoms with Crippen LogP contribution in [0, 0.1) is 0 Å². The highest BCUT2D eigenvalue weighted by molar-refractivity contribution is 5.83. The lowest BCUT2D eigenvalue weighted by Crippen LogP contribution is -2.43. The topological polar surface area (TPSA) is 136 Å². The first-order valence-corrected chi connectivity index (χ1v) is 10.7. The summed E-state index contributed by atoms with van der Waals surface area (Å²) < 4.78 is 6.98. The number of benzene rings is 1. The first kappa shape index (κ1) is 21.1. The number of ether oxygens (including phenoxy) is 1. The average molecular weight is 427 g/mol. The van der Waals surface area contributed by atoms with E-state index in [-0.39, 0.29) is 23.9 Å². The Morgan fingerprint density at radius 1 is 1.26 bits per heavy atom. The maximum absolute atomic E-state index is 10.4. The Hall–Kier alpha value is -3.14. The molecule has 31 heavy (non-hydrogen) atoms. The van der Waals surface area contributed by atoms with Crippen LogP contribution in [0.3, 0.4) is 0 Å². The van der Waals surface area contributed by atoms with E-state index < -0.39 is 0 Å². The number of aromatic hydroxyl groups is 1. The molecule has 0 radical (unpaired) electrons. The van der Waals surface area contributed by atoms with E-state index in [1.807, 2.05) is 26.0 Å². The molecule has 2 aromatic heterocycles. The van der Waals surface area contributed by atoms with Crippen LogP contribution in [-0.4, -0.2) is 49.3 Å². The monoisotopic (exact) mass is 426 g/mol. The number of hydrogen-bond donors (Lipinski definition) is 4. The fourth-order valence-corrected chi connectivity index (χ4v) is 3.92. The molecule has 166 valence electrons. The van der Waals surface area contributed by atoms with Crippen molar-refractivity contribution in [2.75, 3.05) is 17.7 Å². The summed E-state index contributed by atoms with van der Waals surface area (Å²) in [4.78, 5) is 9.37. The summed E-state index contributed by atoms with van der Waals surface area (Å²) in [5, 5.41) is 25.7. The molecule has 3 aromatic rings. The molecular formula is C21H30N8O2. The molecule has 2 unspecified atom stereocenters. The predicted molar refractivity (Wildman–Crippen MR) is 119 cm³/mol. The predicted octanol–water partition coefficient (Wildman–Crippen LogP) is 2.81. The summed E-state index contributed by atoms with van der Waals surface area (Å²) in [5.74, 6) is 1.56. The molecule has 0 amide bonds. The first-order chi connectivity index (χ1) is 15.0. The second kappa shape index (κ2) is 8.93. The van der Waals surface area contributed by atoms with Gasteiger partial charge in [-0.15, -0.1) is 5.10 Å². The van der Waals surface area contributed by atoms with Crippen LogP contribution in [0.1, 0.15) is 51.1 Å². The molecule has 0 saturated heterocycles. The minimum absolute atomic E-state index is 0.0753. The van der Waals surface area contributed by atoms with Crippen molar-refractivity contribution in [1.82, 2.24) is 25.0 Å². The number of fused-ring (bicyclic) bond motifs is 1. The normalized spacial score (nSPS) is 19.0. The van der Waals surface area contributed by atoms with E-state index in [0.29, 0.717) is 40.8 Å². The molecule has 10 nitrogen and oxygen atoms in total. The van der Waals surface area contributed by atoms with Gasteiger partial charge in [-0.25, -0.2) is 4.68 Å². The molecule has 4 rings (SSSR count). The zero-order chi connectivity index (χ0) is 22.0. The number of nitrogens with one attached hydrogen (secondary N) is 2. The van der Waals surface area contributed by atoms with Gasteiger partial charge in [-0.3, -0.25) is 0 Å². The third-order valence-electron chi connectivity index (χ3n) is 5.70. The zero-order valence-corrected chi connectivity index (χ0v) is 18.2. The standard InChI is InChI=1S/C21H30N8O2/c1-12(2)29-20-17(27-28-29)19(23-11-13-7-6-10-16(31-3)18(13)30)25-21(26-20)24-15-9-5-4-8-14(15)22/h6-7,10,12,14-15,30H,4-5,8-9,11,22H2,1-3H3,(H2,23,24,25,26). The van der Waals surface area contributed by atoms with Crippen molar-refractivity contribution in [2.24, 2.45) is 5.73 Å². The fourth-order valence-electron chi connectivity index (χ4n) is 3.92. The molecule has 1 fully saturated rings. The molecular weight excluding hydrogens is 396 g/mol. The van der Waals surface area contributed by atoms with Gasteiger partial charge < -0.3 is 26.2 Å². The van der Waals surface area contributed by atoms with Gasteiger partial charge in [-0.1, -0.05) is 30.2 Å². The lowest BCUT2D eigenvalue weighted by molar-refractivity contribution is 0.371. The maximum atomic E-state index is 10.4. The molecule has 0 bridgehead atoms. The summed E-state index contributed by atoms with van der Waals surface area (Å²) in [6, 6.07) is 5.67. The van der Waals surface area contributed by atoms with Crippen LogP contribution in [0.25, 0.3) is 11.2 Å². The number of nitrogens with zero attached hydrogens (tertiary/aromatic N) is 5. The van der Waals surface area contributed by atoms with E-state index >= 15 is 0 Å². The van der Waals surface area contributed by atoms with Gasteiger partial charge in [0, 0.05) is 24.2 Å². The van der Waals surface area contributed by atoms with Gasteiger partial charge in [-0.2, -0.15) is 9.97 Å². The zero-order valence-electron chi connectivity index (χ0n) is 18.2. The third-order valence-corrected chi connectivity index (χ3v) is 5.70.